The Bertz CT molecular complexity index is 1000. The fourth-order valence-electron chi connectivity index (χ4n) is 5.63. The Morgan fingerprint density at radius 2 is 1.94 bits per heavy atom. The maximum absolute atomic E-state index is 13.0. The summed E-state index contributed by atoms with van der Waals surface area (Å²) in [5, 5.41) is 5.14. The third-order valence-corrected chi connectivity index (χ3v) is 8.11. The van der Waals surface area contributed by atoms with Crippen LogP contribution in [0.5, 0.6) is 0 Å². The van der Waals surface area contributed by atoms with Gasteiger partial charge in [0.25, 0.3) is 0 Å². The number of morpholine rings is 1. The second-order valence-corrected chi connectivity index (χ2v) is 10.4. The number of benzene rings is 1. The summed E-state index contributed by atoms with van der Waals surface area (Å²) in [5.74, 6) is 0.704. The Balaban J connectivity index is 1.26. The highest BCUT2D eigenvalue weighted by Gasteiger charge is 2.44. The molecule has 1 spiro atoms. The van der Waals surface area contributed by atoms with E-state index in [-0.39, 0.29) is 11.6 Å². The van der Waals surface area contributed by atoms with Crippen LogP contribution in [-0.2, 0) is 11.3 Å². The molecule has 34 heavy (non-hydrogen) atoms. The number of piperidine rings is 1. The second-order valence-electron chi connectivity index (χ2n) is 9.34. The number of likely N-dealkylation sites (tertiary alicyclic amines) is 2. The number of aromatic nitrogens is 2. The molecule has 8 nitrogen and oxygen atoms in total. The van der Waals surface area contributed by atoms with Crippen LogP contribution in [0.1, 0.15) is 31.2 Å². The van der Waals surface area contributed by atoms with Gasteiger partial charge in [-0.15, -0.1) is 5.10 Å². The number of anilines is 2. The molecule has 0 saturated carbocycles. The molecule has 1 aromatic heterocycles. The highest BCUT2D eigenvalue weighted by molar-refractivity contribution is 7.99. The van der Waals surface area contributed by atoms with Crippen molar-refractivity contribution in [3.8, 4) is 0 Å². The molecule has 0 atom stereocenters. The van der Waals surface area contributed by atoms with Crippen LogP contribution in [0.4, 0.5) is 16.3 Å². The molecular weight excluding hydrogens is 472 g/mol. The quantitative estimate of drug-likeness (QED) is 0.613. The third kappa shape index (κ3) is 4.89. The number of hydrogen-bond acceptors (Lipinski definition) is 7. The first kappa shape index (κ1) is 23.8. The van der Waals surface area contributed by atoms with E-state index in [1.54, 1.807) is 6.20 Å². The summed E-state index contributed by atoms with van der Waals surface area (Å²) in [6, 6.07) is 8.10. The van der Waals surface area contributed by atoms with E-state index in [9.17, 15) is 4.79 Å². The fraction of sp³-hybridized carbons (Fsp3) is 0.583. The number of hydrogen-bond donors (Lipinski definition) is 1. The van der Waals surface area contributed by atoms with Gasteiger partial charge in [-0.1, -0.05) is 29.6 Å². The summed E-state index contributed by atoms with van der Waals surface area (Å²) in [6.07, 6.45) is 8.07. The standard InChI is InChI=1S/C24H33ClN6O2S/c1-34-27-22-5-10-31(26-22)23(32)29-11-7-24(8-12-29)6-2-9-30(24)18-19-3-4-20(25)17-21(19)28-13-15-33-16-14-28/h3-5,10,17H,2,6-9,11-16,18H2,1H3,(H,26,27). The van der Waals surface area contributed by atoms with E-state index in [2.05, 4.69) is 31.8 Å². The lowest BCUT2D eigenvalue weighted by Gasteiger charge is -2.45. The number of rotatable bonds is 5. The normalized spacial score (nSPS) is 20.8. The lowest BCUT2D eigenvalue weighted by molar-refractivity contribution is 0.0584. The van der Waals surface area contributed by atoms with Crippen molar-refractivity contribution in [2.45, 2.75) is 37.8 Å². The van der Waals surface area contributed by atoms with Crippen molar-refractivity contribution in [2.24, 2.45) is 0 Å². The third-order valence-electron chi connectivity index (χ3n) is 7.46. The number of carbonyl (C=O) groups is 1. The van der Waals surface area contributed by atoms with Gasteiger partial charge in [-0.3, -0.25) is 4.90 Å². The molecule has 5 rings (SSSR count). The van der Waals surface area contributed by atoms with E-state index in [1.807, 2.05) is 23.3 Å². The van der Waals surface area contributed by atoms with Crippen molar-refractivity contribution in [3.63, 3.8) is 0 Å². The van der Waals surface area contributed by atoms with Gasteiger partial charge in [-0.2, -0.15) is 4.68 Å². The van der Waals surface area contributed by atoms with Gasteiger partial charge in [0, 0.05) is 67.5 Å². The minimum absolute atomic E-state index is 0.0409. The molecule has 10 heteroatoms. The minimum atomic E-state index is -0.0409. The Labute approximate surface area is 210 Å². The Morgan fingerprint density at radius 3 is 2.71 bits per heavy atom. The molecule has 3 aliphatic heterocycles. The molecule has 4 heterocycles. The zero-order chi connectivity index (χ0) is 23.5. The van der Waals surface area contributed by atoms with Crippen LogP contribution in [0, 0.1) is 0 Å². The fourth-order valence-corrected chi connectivity index (χ4v) is 6.12. The van der Waals surface area contributed by atoms with Crippen LogP contribution in [-0.4, -0.2) is 83.3 Å². The van der Waals surface area contributed by atoms with Crippen LogP contribution < -0.4 is 9.62 Å². The van der Waals surface area contributed by atoms with Crippen molar-refractivity contribution in [3.05, 3.63) is 41.0 Å². The predicted molar refractivity (Wildman–Crippen MR) is 138 cm³/mol. The smallest absolute Gasteiger partial charge is 0.344 e. The molecule has 3 saturated heterocycles. The largest absolute Gasteiger partial charge is 0.378 e. The maximum atomic E-state index is 13.0. The molecule has 0 bridgehead atoms. The minimum Gasteiger partial charge on any atom is -0.378 e. The Morgan fingerprint density at radius 1 is 1.15 bits per heavy atom. The molecule has 0 unspecified atom stereocenters. The molecule has 0 aliphatic carbocycles. The van der Waals surface area contributed by atoms with Gasteiger partial charge in [0.2, 0.25) is 0 Å². The average molecular weight is 505 g/mol. The van der Waals surface area contributed by atoms with Crippen molar-refractivity contribution >= 4 is 41.1 Å². The van der Waals surface area contributed by atoms with E-state index in [1.165, 1.54) is 40.7 Å². The van der Waals surface area contributed by atoms with E-state index < -0.39 is 0 Å². The van der Waals surface area contributed by atoms with Crippen LogP contribution in [0.3, 0.4) is 0 Å². The second kappa shape index (κ2) is 10.4. The molecular formula is C24H33ClN6O2S. The van der Waals surface area contributed by atoms with Crippen LogP contribution >= 0.6 is 23.5 Å². The van der Waals surface area contributed by atoms with Crippen molar-refractivity contribution in [1.82, 2.24) is 19.6 Å². The number of ether oxygens (including phenoxy) is 1. The number of halogens is 1. The van der Waals surface area contributed by atoms with E-state index in [0.29, 0.717) is 5.82 Å². The molecule has 0 radical (unpaired) electrons. The number of amides is 1. The van der Waals surface area contributed by atoms with Crippen molar-refractivity contribution in [2.75, 3.05) is 61.8 Å². The molecule has 3 aliphatic rings. The van der Waals surface area contributed by atoms with Gasteiger partial charge in [0.1, 0.15) is 0 Å². The zero-order valence-electron chi connectivity index (χ0n) is 19.7. The van der Waals surface area contributed by atoms with Crippen LogP contribution in [0.15, 0.2) is 30.5 Å². The van der Waals surface area contributed by atoms with E-state index in [4.69, 9.17) is 16.3 Å². The Kier molecular flexibility index (Phi) is 7.24. The van der Waals surface area contributed by atoms with Gasteiger partial charge in [0.15, 0.2) is 5.82 Å². The van der Waals surface area contributed by atoms with Crippen molar-refractivity contribution < 1.29 is 9.53 Å². The predicted octanol–water partition coefficient (Wildman–Crippen LogP) is 4.16. The molecule has 1 aromatic carbocycles. The molecule has 184 valence electrons. The van der Waals surface area contributed by atoms with Gasteiger partial charge in [-0.25, -0.2) is 4.79 Å². The number of nitrogens with zero attached hydrogens (tertiary/aromatic N) is 5. The first-order chi connectivity index (χ1) is 16.6. The van der Waals surface area contributed by atoms with Gasteiger partial charge in [-0.05, 0) is 49.9 Å². The maximum Gasteiger partial charge on any atom is 0.344 e. The summed E-state index contributed by atoms with van der Waals surface area (Å²) in [6.45, 7) is 6.86. The SMILES string of the molecule is CSNc1ccn(C(=O)N2CCC3(CCCN3Cc3ccc(Cl)cc3N3CCOCC3)CC2)n1. The highest BCUT2D eigenvalue weighted by Crippen LogP contribution is 2.40. The molecule has 2 aromatic rings. The first-order valence-electron chi connectivity index (χ1n) is 12.1. The highest BCUT2D eigenvalue weighted by atomic mass is 35.5. The zero-order valence-corrected chi connectivity index (χ0v) is 21.3. The topological polar surface area (TPSA) is 65.9 Å². The van der Waals surface area contributed by atoms with Crippen molar-refractivity contribution in [1.29, 1.82) is 0 Å². The lowest BCUT2D eigenvalue weighted by atomic mass is 9.84. The van der Waals surface area contributed by atoms with Crippen LogP contribution in [0.2, 0.25) is 5.02 Å². The van der Waals surface area contributed by atoms with Gasteiger partial charge < -0.3 is 19.3 Å². The number of carbonyl (C=O) groups excluding carboxylic acids is 1. The monoisotopic (exact) mass is 504 g/mol. The first-order valence-corrected chi connectivity index (χ1v) is 13.7. The summed E-state index contributed by atoms with van der Waals surface area (Å²) in [5.41, 5.74) is 2.73. The Hall–Kier alpha value is -1.94. The summed E-state index contributed by atoms with van der Waals surface area (Å²) in [4.78, 5) is 20.0. The van der Waals surface area contributed by atoms with E-state index >= 15 is 0 Å². The summed E-state index contributed by atoms with van der Waals surface area (Å²) in [7, 11) is 0. The summed E-state index contributed by atoms with van der Waals surface area (Å²) < 4.78 is 10.1. The molecule has 1 amide bonds. The number of nitrogens with one attached hydrogen (secondary N) is 1. The van der Waals surface area contributed by atoms with E-state index in [0.717, 1.165) is 70.3 Å². The summed E-state index contributed by atoms with van der Waals surface area (Å²) >= 11 is 7.86. The molecule has 1 N–H and O–H groups in total. The van der Waals surface area contributed by atoms with Gasteiger partial charge in [0.05, 0.1) is 13.2 Å². The lowest BCUT2D eigenvalue weighted by Crippen LogP contribution is -2.53. The van der Waals surface area contributed by atoms with Crippen LogP contribution in [0.25, 0.3) is 0 Å². The van der Waals surface area contributed by atoms with Gasteiger partial charge >= 0.3 is 6.03 Å². The molecule has 3 fully saturated rings. The average Bonchev–Trinajstić information content (AvgIpc) is 3.48.